The van der Waals surface area contributed by atoms with Gasteiger partial charge >= 0.3 is 0 Å². The summed E-state index contributed by atoms with van der Waals surface area (Å²) in [4.78, 5) is 5.81. The van der Waals surface area contributed by atoms with Crippen LogP contribution < -0.4 is 0 Å². The van der Waals surface area contributed by atoms with E-state index >= 15 is 0 Å². The van der Waals surface area contributed by atoms with Crippen molar-refractivity contribution < 1.29 is 0 Å². The number of thioether (sulfide) groups is 1. The van der Waals surface area contributed by atoms with Crippen molar-refractivity contribution in [1.29, 1.82) is 5.26 Å². The van der Waals surface area contributed by atoms with E-state index in [2.05, 4.69) is 24.9 Å². The van der Waals surface area contributed by atoms with Gasteiger partial charge in [0.2, 0.25) is 0 Å². The van der Waals surface area contributed by atoms with Crippen molar-refractivity contribution in [3.63, 3.8) is 0 Å². The van der Waals surface area contributed by atoms with Crippen LogP contribution in [0.15, 0.2) is 0 Å². The van der Waals surface area contributed by atoms with E-state index in [9.17, 15) is 0 Å². The Bertz CT molecular complexity index is 352. The van der Waals surface area contributed by atoms with E-state index in [1.807, 2.05) is 11.8 Å². The highest BCUT2D eigenvalue weighted by molar-refractivity contribution is 7.98. The van der Waals surface area contributed by atoms with Gasteiger partial charge in [0.15, 0.2) is 0 Å². The normalized spacial score (nSPS) is 10.3. The van der Waals surface area contributed by atoms with Crippen LogP contribution in [-0.4, -0.2) is 10.7 Å². The van der Waals surface area contributed by atoms with Gasteiger partial charge in [-0.2, -0.15) is 17.0 Å². The maximum Gasteiger partial charge on any atom is 0.103 e. The van der Waals surface area contributed by atoms with Crippen LogP contribution >= 0.6 is 23.1 Å². The fraction of sp³-hybridized carbons (Fsp3) is 0.667. The Hall–Kier alpha value is -0.530. The summed E-state index contributed by atoms with van der Waals surface area (Å²) in [5.74, 6) is 2.19. The number of aryl methyl sites for hydroxylation is 1. The highest BCUT2D eigenvalue weighted by Gasteiger charge is 2.09. The van der Waals surface area contributed by atoms with Gasteiger partial charge in [0, 0.05) is 10.6 Å². The van der Waals surface area contributed by atoms with E-state index in [-0.39, 0.29) is 0 Å². The Morgan fingerprint density at radius 1 is 1.38 bits per heavy atom. The van der Waals surface area contributed by atoms with E-state index in [1.165, 1.54) is 22.1 Å². The molecule has 2 nitrogen and oxygen atoms in total. The maximum absolute atomic E-state index is 8.76. The molecule has 4 heteroatoms. The fourth-order valence-corrected chi connectivity index (χ4v) is 3.44. The van der Waals surface area contributed by atoms with Crippen LogP contribution in [0.4, 0.5) is 0 Å². The second kappa shape index (κ2) is 7.70. The van der Waals surface area contributed by atoms with Crippen LogP contribution in [0, 0.1) is 11.3 Å². The van der Waals surface area contributed by atoms with E-state index < -0.39 is 0 Å². The summed E-state index contributed by atoms with van der Waals surface area (Å²) in [5, 5.41) is 9.95. The first kappa shape index (κ1) is 13.5. The highest BCUT2D eigenvalue weighted by Crippen LogP contribution is 2.24. The third kappa shape index (κ3) is 4.15. The second-order valence-corrected chi connectivity index (χ2v) is 5.89. The number of hydrogen-bond donors (Lipinski definition) is 0. The zero-order chi connectivity index (χ0) is 11.8. The van der Waals surface area contributed by atoms with Gasteiger partial charge in [-0.1, -0.05) is 20.3 Å². The van der Waals surface area contributed by atoms with Crippen LogP contribution in [0.25, 0.3) is 0 Å². The predicted molar refractivity (Wildman–Crippen MR) is 71.9 cm³/mol. The van der Waals surface area contributed by atoms with Gasteiger partial charge in [-0.25, -0.2) is 4.98 Å². The van der Waals surface area contributed by atoms with Gasteiger partial charge in [0.25, 0.3) is 0 Å². The van der Waals surface area contributed by atoms with Gasteiger partial charge in [-0.3, -0.25) is 0 Å². The molecule has 16 heavy (non-hydrogen) atoms. The van der Waals surface area contributed by atoms with Crippen molar-refractivity contribution in [3.05, 3.63) is 15.6 Å². The number of nitrogens with zero attached hydrogens (tertiary/aromatic N) is 2. The summed E-state index contributed by atoms with van der Waals surface area (Å²) in [5.41, 5.74) is 1.15. The lowest BCUT2D eigenvalue weighted by Crippen LogP contribution is -1.89. The number of nitriles is 1. The molecule has 1 rings (SSSR count). The van der Waals surface area contributed by atoms with Gasteiger partial charge in [-0.15, -0.1) is 11.3 Å². The molecule has 0 atom stereocenters. The van der Waals surface area contributed by atoms with E-state index in [1.54, 1.807) is 11.3 Å². The summed E-state index contributed by atoms with van der Waals surface area (Å²) in [6.45, 7) is 4.35. The molecule has 0 aliphatic rings. The number of rotatable bonds is 7. The van der Waals surface area contributed by atoms with Crippen LogP contribution in [0.1, 0.15) is 42.3 Å². The van der Waals surface area contributed by atoms with Crippen LogP contribution in [0.5, 0.6) is 0 Å². The molecular weight excluding hydrogens is 236 g/mol. The first-order valence-corrected chi connectivity index (χ1v) is 7.71. The standard InChI is InChI=1S/C12H18N2S2/c1-3-5-10-11(6-7-13)16-12(14-10)9-15-8-4-2/h3-6,8-9H2,1-2H3. The maximum atomic E-state index is 8.76. The summed E-state index contributed by atoms with van der Waals surface area (Å²) in [6.07, 6.45) is 3.84. The molecule has 1 aromatic heterocycles. The topological polar surface area (TPSA) is 36.7 Å². The Morgan fingerprint density at radius 3 is 2.81 bits per heavy atom. The molecule has 0 unspecified atom stereocenters. The van der Waals surface area contributed by atoms with Crippen molar-refractivity contribution in [3.8, 4) is 6.07 Å². The minimum Gasteiger partial charge on any atom is -0.245 e. The molecule has 0 aliphatic carbocycles. The lowest BCUT2D eigenvalue weighted by atomic mass is 10.2. The van der Waals surface area contributed by atoms with Crippen LogP contribution in [-0.2, 0) is 18.6 Å². The first-order valence-electron chi connectivity index (χ1n) is 5.73. The quantitative estimate of drug-likeness (QED) is 0.694. The average molecular weight is 254 g/mol. The molecule has 0 spiro atoms. The minimum atomic E-state index is 0.519. The minimum absolute atomic E-state index is 0.519. The largest absolute Gasteiger partial charge is 0.245 e. The predicted octanol–water partition coefficient (Wildman–Crippen LogP) is 3.80. The van der Waals surface area contributed by atoms with Gasteiger partial charge in [0.05, 0.1) is 18.2 Å². The number of thiazole rings is 1. The summed E-state index contributed by atoms with van der Waals surface area (Å²) in [6, 6.07) is 2.23. The van der Waals surface area contributed by atoms with Crippen LogP contribution in [0.3, 0.4) is 0 Å². The third-order valence-electron chi connectivity index (χ3n) is 2.12. The molecule has 0 N–H and O–H groups in total. The second-order valence-electron chi connectivity index (χ2n) is 3.61. The molecule has 0 radical (unpaired) electrons. The van der Waals surface area contributed by atoms with Gasteiger partial charge in [0.1, 0.15) is 5.01 Å². The Balaban J connectivity index is 2.64. The van der Waals surface area contributed by atoms with Crippen molar-refractivity contribution in [2.45, 2.75) is 45.3 Å². The van der Waals surface area contributed by atoms with E-state index in [4.69, 9.17) is 5.26 Å². The Kier molecular flexibility index (Phi) is 6.51. The SMILES string of the molecule is CCCSCc1nc(CCC)c(CC#N)s1. The summed E-state index contributed by atoms with van der Waals surface area (Å²) < 4.78 is 0. The fourth-order valence-electron chi connectivity index (χ4n) is 1.44. The lowest BCUT2D eigenvalue weighted by molar-refractivity contribution is 0.875. The molecule has 0 bridgehead atoms. The smallest absolute Gasteiger partial charge is 0.103 e. The Labute approximate surface area is 106 Å². The third-order valence-corrected chi connectivity index (χ3v) is 4.58. The monoisotopic (exact) mass is 254 g/mol. The first-order chi connectivity index (χ1) is 7.81. The summed E-state index contributed by atoms with van der Waals surface area (Å²) in [7, 11) is 0. The zero-order valence-electron chi connectivity index (χ0n) is 9.95. The lowest BCUT2D eigenvalue weighted by Gasteiger charge is -1.94. The summed E-state index contributed by atoms with van der Waals surface area (Å²) >= 11 is 3.65. The molecule has 0 aliphatic heterocycles. The molecule has 88 valence electrons. The molecular formula is C12H18N2S2. The number of hydrogen-bond acceptors (Lipinski definition) is 4. The zero-order valence-corrected chi connectivity index (χ0v) is 11.6. The number of aromatic nitrogens is 1. The van der Waals surface area contributed by atoms with Crippen molar-refractivity contribution in [2.75, 3.05) is 5.75 Å². The average Bonchev–Trinajstić information content (AvgIpc) is 2.63. The van der Waals surface area contributed by atoms with Crippen molar-refractivity contribution in [2.24, 2.45) is 0 Å². The van der Waals surface area contributed by atoms with Crippen LogP contribution in [0.2, 0.25) is 0 Å². The van der Waals surface area contributed by atoms with Gasteiger partial charge in [-0.05, 0) is 18.6 Å². The van der Waals surface area contributed by atoms with E-state index in [0.717, 1.165) is 24.3 Å². The molecule has 0 saturated carbocycles. The highest BCUT2D eigenvalue weighted by atomic mass is 32.2. The Morgan fingerprint density at radius 2 is 2.19 bits per heavy atom. The molecule has 0 aromatic carbocycles. The molecule has 0 amide bonds. The van der Waals surface area contributed by atoms with E-state index in [0.29, 0.717) is 6.42 Å². The molecule has 1 aromatic rings. The van der Waals surface area contributed by atoms with Crippen molar-refractivity contribution in [1.82, 2.24) is 4.98 Å². The molecule has 0 fully saturated rings. The van der Waals surface area contributed by atoms with Gasteiger partial charge < -0.3 is 0 Å². The molecule has 0 saturated heterocycles. The van der Waals surface area contributed by atoms with Crippen molar-refractivity contribution >= 4 is 23.1 Å². The molecule has 1 heterocycles.